The van der Waals surface area contributed by atoms with E-state index >= 15 is 0 Å². The summed E-state index contributed by atoms with van der Waals surface area (Å²) in [5, 5.41) is 7.77. The summed E-state index contributed by atoms with van der Waals surface area (Å²) in [7, 11) is 1.70. The smallest absolute Gasteiger partial charge is 0.143 e. The van der Waals surface area contributed by atoms with Gasteiger partial charge in [-0.1, -0.05) is 46.0 Å². The van der Waals surface area contributed by atoms with Crippen molar-refractivity contribution in [2.75, 3.05) is 38.3 Å². The molecule has 1 aliphatic carbocycles. The number of hydrogen-bond acceptors (Lipinski definition) is 5. The van der Waals surface area contributed by atoms with E-state index in [1.54, 1.807) is 13.2 Å². The van der Waals surface area contributed by atoms with E-state index in [9.17, 15) is 4.79 Å². The number of carbonyl (C=O) groups excluding carboxylic acids is 1. The van der Waals surface area contributed by atoms with Gasteiger partial charge in [0.1, 0.15) is 11.5 Å². The lowest BCUT2D eigenvalue weighted by Gasteiger charge is -2.19. The topological polar surface area (TPSA) is 56.6 Å². The maximum Gasteiger partial charge on any atom is 0.143 e. The van der Waals surface area contributed by atoms with Crippen molar-refractivity contribution in [3.8, 4) is 11.8 Å². The SMILES string of the molecule is CC(=O)CC#N.CC1CCCCC1.CCN1CCN(c2ccc(OC)cc2)C1. The molecular formula is C23H37N3O2. The quantitative estimate of drug-likeness (QED) is 0.738. The standard InChI is InChI=1S/C12H18N2O.C7H14.C4H5NO/c1-3-13-8-9-14(10-13)11-4-6-12(15-2)7-5-11;1-7-5-3-2-4-6-7;1-4(6)2-3-5/h4-7H,3,8-10H2,1-2H3;7H,2-6H2,1H3;2H2,1H3. The minimum absolute atomic E-state index is 0.0417. The molecule has 156 valence electrons. The summed E-state index contributed by atoms with van der Waals surface area (Å²) < 4.78 is 5.15. The minimum Gasteiger partial charge on any atom is -0.497 e. The lowest BCUT2D eigenvalue weighted by molar-refractivity contribution is -0.116. The van der Waals surface area contributed by atoms with Crippen molar-refractivity contribution in [2.24, 2.45) is 5.92 Å². The van der Waals surface area contributed by atoms with Crippen LogP contribution in [0, 0.1) is 17.2 Å². The van der Waals surface area contributed by atoms with Crippen molar-refractivity contribution >= 4 is 11.5 Å². The number of hydrogen-bond donors (Lipinski definition) is 0. The highest BCUT2D eigenvalue weighted by Gasteiger charge is 2.18. The summed E-state index contributed by atoms with van der Waals surface area (Å²) in [6, 6.07) is 10.00. The molecule has 5 nitrogen and oxygen atoms in total. The second kappa shape index (κ2) is 14.0. The van der Waals surface area contributed by atoms with Crippen molar-refractivity contribution in [1.82, 2.24) is 4.90 Å². The molecule has 2 aliphatic rings. The number of Topliss-reactive ketones (excluding diaryl/α,β-unsaturated/α-hetero) is 1. The van der Waals surface area contributed by atoms with Crippen molar-refractivity contribution in [1.29, 1.82) is 5.26 Å². The van der Waals surface area contributed by atoms with E-state index in [1.807, 2.05) is 12.1 Å². The molecule has 5 heteroatoms. The Balaban J connectivity index is 0.000000251. The second-order valence-corrected chi connectivity index (χ2v) is 7.59. The minimum atomic E-state index is -0.0718. The Hall–Kier alpha value is -2.06. The molecule has 1 heterocycles. The number of benzene rings is 1. The summed E-state index contributed by atoms with van der Waals surface area (Å²) in [5.41, 5.74) is 1.28. The third kappa shape index (κ3) is 9.75. The molecule has 1 aromatic carbocycles. The van der Waals surface area contributed by atoms with Gasteiger partial charge >= 0.3 is 0 Å². The zero-order valence-corrected chi connectivity index (χ0v) is 18.1. The van der Waals surface area contributed by atoms with Crippen LogP contribution in [0.1, 0.15) is 59.3 Å². The first kappa shape index (κ1) is 24.0. The van der Waals surface area contributed by atoms with Crippen molar-refractivity contribution in [3.63, 3.8) is 0 Å². The predicted octanol–water partition coefficient (Wildman–Crippen LogP) is 4.87. The number of ether oxygens (including phenoxy) is 1. The first-order chi connectivity index (χ1) is 13.5. The van der Waals surface area contributed by atoms with Gasteiger partial charge in [0.25, 0.3) is 0 Å². The Bertz CT molecular complexity index is 589. The maximum absolute atomic E-state index is 9.82. The van der Waals surface area contributed by atoms with Crippen LogP contribution < -0.4 is 9.64 Å². The largest absolute Gasteiger partial charge is 0.497 e. The predicted molar refractivity (Wildman–Crippen MR) is 116 cm³/mol. The van der Waals surface area contributed by atoms with Crippen molar-refractivity contribution < 1.29 is 9.53 Å². The monoisotopic (exact) mass is 387 g/mol. The zero-order valence-electron chi connectivity index (χ0n) is 18.1. The van der Waals surface area contributed by atoms with Gasteiger partial charge in [0.05, 0.1) is 26.3 Å². The van der Waals surface area contributed by atoms with Gasteiger partial charge in [-0.05, 0) is 43.7 Å². The van der Waals surface area contributed by atoms with Gasteiger partial charge in [-0.15, -0.1) is 0 Å². The molecule has 0 unspecified atom stereocenters. The molecule has 0 atom stereocenters. The first-order valence-electron chi connectivity index (χ1n) is 10.5. The fourth-order valence-corrected chi connectivity index (χ4v) is 3.32. The van der Waals surface area contributed by atoms with Gasteiger partial charge in [0, 0.05) is 18.8 Å². The number of rotatable bonds is 4. The number of nitriles is 1. The molecule has 1 saturated carbocycles. The van der Waals surface area contributed by atoms with Crippen molar-refractivity contribution in [2.45, 2.75) is 59.3 Å². The fraction of sp³-hybridized carbons (Fsp3) is 0.652. The van der Waals surface area contributed by atoms with E-state index in [2.05, 4.69) is 35.8 Å². The normalized spacial score (nSPS) is 16.9. The van der Waals surface area contributed by atoms with Gasteiger partial charge in [0.2, 0.25) is 0 Å². The number of nitrogens with zero attached hydrogens (tertiary/aromatic N) is 3. The van der Waals surface area contributed by atoms with Crippen LogP contribution >= 0.6 is 0 Å². The average molecular weight is 388 g/mol. The third-order valence-corrected chi connectivity index (χ3v) is 5.16. The van der Waals surface area contributed by atoms with E-state index in [-0.39, 0.29) is 12.2 Å². The van der Waals surface area contributed by atoms with E-state index in [0.717, 1.165) is 31.4 Å². The van der Waals surface area contributed by atoms with Crippen LogP contribution in [0.3, 0.4) is 0 Å². The van der Waals surface area contributed by atoms with Crippen LogP contribution in [-0.2, 0) is 4.79 Å². The number of likely N-dealkylation sites (N-methyl/N-ethyl adjacent to an activating group) is 1. The first-order valence-corrected chi connectivity index (χ1v) is 10.5. The molecule has 0 amide bonds. The average Bonchev–Trinajstić information content (AvgIpc) is 3.19. The molecule has 0 radical (unpaired) electrons. The highest BCUT2D eigenvalue weighted by molar-refractivity contribution is 5.77. The highest BCUT2D eigenvalue weighted by Crippen LogP contribution is 2.22. The number of carbonyl (C=O) groups is 1. The molecule has 1 aliphatic heterocycles. The Kier molecular flexibility index (Phi) is 12.0. The van der Waals surface area contributed by atoms with Crippen LogP contribution in [0.5, 0.6) is 5.75 Å². The molecule has 2 fully saturated rings. The Morgan fingerprint density at radius 3 is 2.18 bits per heavy atom. The molecule has 1 aromatic rings. The molecule has 3 rings (SSSR count). The van der Waals surface area contributed by atoms with Crippen LogP contribution in [0.4, 0.5) is 5.69 Å². The van der Waals surface area contributed by atoms with Crippen LogP contribution in [0.2, 0.25) is 0 Å². The van der Waals surface area contributed by atoms with E-state index < -0.39 is 0 Å². The lowest BCUT2D eigenvalue weighted by Crippen LogP contribution is -2.24. The molecule has 0 bridgehead atoms. The van der Waals surface area contributed by atoms with E-state index in [4.69, 9.17) is 10.00 Å². The lowest BCUT2D eigenvalue weighted by atomic mass is 9.91. The van der Waals surface area contributed by atoms with Crippen LogP contribution in [0.25, 0.3) is 0 Å². The van der Waals surface area contributed by atoms with Crippen LogP contribution in [0.15, 0.2) is 24.3 Å². The van der Waals surface area contributed by atoms with Gasteiger partial charge in [-0.3, -0.25) is 9.69 Å². The van der Waals surface area contributed by atoms with Crippen molar-refractivity contribution in [3.05, 3.63) is 24.3 Å². The second-order valence-electron chi connectivity index (χ2n) is 7.59. The number of methoxy groups -OCH3 is 1. The summed E-state index contributed by atoms with van der Waals surface area (Å²) in [6.45, 7) is 10.4. The molecule has 0 aromatic heterocycles. The Morgan fingerprint density at radius 2 is 1.82 bits per heavy atom. The van der Waals surface area contributed by atoms with Crippen LogP contribution in [-0.4, -0.2) is 44.1 Å². The number of anilines is 1. The van der Waals surface area contributed by atoms with Gasteiger partial charge in [-0.25, -0.2) is 0 Å². The third-order valence-electron chi connectivity index (χ3n) is 5.16. The van der Waals surface area contributed by atoms with Gasteiger partial charge < -0.3 is 9.64 Å². The highest BCUT2D eigenvalue weighted by atomic mass is 16.5. The zero-order chi connectivity index (χ0) is 20.8. The molecule has 28 heavy (non-hydrogen) atoms. The summed E-state index contributed by atoms with van der Waals surface area (Å²) in [6.07, 6.45) is 7.48. The number of ketones is 1. The summed E-state index contributed by atoms with van der Waals surface area (Å²) >= 11 is 0. The fourth-order valence-electron chi connectivity index (χ4n) is 3.32. The molecule has 0 N–H and O–H groups in total. The molecular weight excluding hydrogens is 350 g/mol. The molecule has 0 spiro atoms. The maximum atomic E-state index is 9.82. The summed E-state index contributed by atoms with van der Waals surface area (Å²) in [4.78, 5) is 14.6. The van der Waals surface area contributed by atoms with E-state index in [1.165, 1.54) is 51.3 Å². The summed E-state index contributed by atoms with van der Waals surface area (Å²) in [5.74, 6) is 1.89. The molecule has 1 saturated heterocycles. The van der Waals surface area contributed by atoms with E-state index in [0.29, 0.717) is 0 Å². The Labute approximate surface area is 171 Å². The van der Waals surface area contributed by atoms with Gasteiger partial charge in [-0.2, -0.15) is 5.26 Å². The Morgan fingerprint density at radius 1 is 1.18 bits per heavy atom. The van der Waals surface area contributed by atoms with Gasteiger partial charge in [0.15, 0.2) is 0 Å².